The Morgan fingerprint density at radius 2 is 1.80 bits per heavy atom. The van der Waals surface area contributed by atoms with Crippen LogP contribution in [0.3, 0.4) is 0 Å². The first-order chi connectivity index (χ1) is 9.47. The molecule has 0 bridgehead atoms. The summed E-state index contributed by atoms with van der Waals surface area (Å²) in [7, 11) is 0. The number of benzene rings is 1. The SMILES string of the molecule is O=CC1(NSc2ccccc2C(F)(F)F)CCCCC1. The first kappa shape index (κ1) is 15.4. The maximum Gasteiger partial charge on any atom is 0.417 e. The van der Waals surface area contributed by atoms with Gasteiger partial charge in [-0.2, -0.15) is 13.2 Å². The Kier molecular flexibility index (Phi) is 4.75. The van der Waals surface area contributed by atoms with Gasteiger partial charge in [0, 0.05) is 4.90 Å². The lowest BCUT2D eigenvalue weighted by molar-refractivity contribution is -0.139. The predicted octanol–water partition coefficient (Wildman–Crippen LogP) is 4.20. The molecule has 1 N–H and O–H groups in total. The van der Waals surface area contributed by atoms with E-state index < -0.39 is 17.3 Å². The fourth-order valence-corrected chi connectivity index (χ4v) is 3.38. The van der Waals surface area contributed by atoms with E-state index in [4.69, 9.17) is 0 Å². The number of aldehydes is 1. The summed E-state index contributed by atoms with van der Waals surface area (Å²) in [6, 6.07) is 5.40. The van der Waals surface area contributed by atoms with Gasteiger partial charge < -0.3 is 4.79 Å². The maximum absolute atomic E-state index is 12.9. The van der Waals surface area contributed by atoms with Crippen LogP contribution in [0.4, 0.5) is 13.2 Å². The summed E-state index contributed by atoms with van der Waals surface area (Å²) >= 11 is 0.903. The highest BCUT2D eigenvalue weighted by atomic mass is 32.2. The van der Waals surface area contributed by atoms with Crippen molar-refractivity contribution in [2.75, 3.05) is 0 Å². The highest BCUT2D eigenvalue weighted by Gasteiger charge is 2.35. The molecule has 0 radical (unpaired) electrons. The van der Waals surface area contributed by atoms with Gasteiger partial charge in [-0.25, -0.2) is 4.72 Å². The Balaban J connectivity index is 2.12. The molecule has 1 aliphatic rings. The van der Waals surface area contributed by atoms with Crippen LogP contribution in [0.25, 0.3) is 0 Å². The third-order valence-corrected chi connectivity index (χ3v) is 4.61. The Morgan fingerprint density at radius 3 is 2.40 bits per heavy atom. The fourth-order valence-electron chi connectivity index (χ4n) is 2.37. The number of alkyl halides is 3. The fraction of sp³-hybridized carbons (Fsp3) is 0.500. The molecular formula is C14H16F3NOS. The predicted molar refractivity (Wildman–Crippen MR) is 72.3 cm³/mol. The van der Waals surface area contributed by atoms with E-state index in [0.29, 0.717) is 12.8 Å². The van der Waals surface area contributed by atoms with Crippen molar-refractivity contribution in [1.82, 2.24) is 4.72 Å². The molecule has 2 nitrogen and oxygen atoms in total. The van der Waals surface area contributed by atoms with Gasteiger partial charge in [0.05, 0.1) is 11.1 Å². The van der Waals surface area contributed by atoms with Gasteiger partial charge in [0.25, 0.3) is 0 Å². The van der Waals surface area contributed by atoms with Crippen molar-refractivity contribution in [3.05, 3.63) is 29.8 Å². The first-order valence-corrected chi connectivity index (χ1v) is 7.35. The molecule has 0 unspecified atom stereocenters. The van der Waals surface area contributed by atoms with Crippen LogP contribution in [-0.4, -0.2) is 11.8 Å². The van der Waals surface area contributed by atoms with Crippen molar-refractivity contribution in [1.29, 1.82) is 0 Å². The summed E-state index contributed by atoms with van der Waals surface area (Å²) in [5.74, 6) is 0. The molecule has 6 heteroatoms. The molecule has 0 spiro atoms. The number of hydrogen-bond donors (Lipinski definition) is 1. The molecule has 1 aliphatic carbocycles. The largest absolute Gasteiger partial charge is 0.417 e. The zero-order valence-electron chi connectivity index (χ0n) is 10.9. The van der Waals surface area contributed by atoms with Gasteiger partial charge in [0.15, 0.2) is 0 Å². The zero-order chi connectivity index (χ0) is 14.6. The Bertz CT molecular complexity index is 470. The summed E-state index contributed by atoms with van der Waals surface area (Å²) in [6.07, 6.45) is 0.735. The second-order valence-electron chi connectivity index (χ2n) is 5.03. The first-order valence-electron chi connectivity index (χ1n) is 6.53. The molecule has 20 heavy (non-hydrogen) atoms. The maximum atomic E-state index is 12.9. The summed E-state index contributed by atoms with van der Waals surface area (Å²) in [5.41, 5.74) is -1.36. The second kappa shape index (κ2) is 6.18. The van der Waals surface area contributed by atoms with Crippen LogP contribution in [0, 0.1) is 0 Å². The van der Waals surface area contributed by atoms with Crippen LogP contribution in [0.2, 0.25) is 0 Å². The number of carbonyl (C=O) groups excluding carboxylic acids is 1. The molecule has 0 atom stereocenters. The molecule has 1 saturated carbocycles. The molecule has 2 rings (SSSR count). The van der Waals surface area contributed by atoms with Gasteiger partial charge in [-0.3, -0.25) is 0 Å². The van der Waals surface area contributed by atoms with Crippen molar-refractivity contribution < 1.29 is 18.0 Å². The molecule has 0 aliphatic heterocycles. The van der Waals surface area contributed by atoms with Gasteiger partial charge in [0.1, 0.15) is 6.29 Å². The van der Waals surface area contributed by atoms with Crippen molar-refractivity contribution in [3.8, 4) is 0 Å². The molecule has 1 fully saturated rings. The number of hydrogen-bond acceptors (Lipinski definition) is 3. The van der Waals surface area contributed by atoms with Crippen LogP contribution in [0.5, 0.6) is 0 Å². The van der Waals surface area contributed by atoms with Crippen LogP contribution in [0.1, 0.15) is 37.7 Å². The molecule has 0 saturated heterocycles. The Morgan fingerprint density at radius 1 is 1.15 bits per heavy atom. The molecule has 0 heterocycles. The summed E-state index contributed by atoms with van der Waals surface area (Å²) in [5, 5.41) is 0. The molecule has 1 aromatic rings. The monoisotopic (exact) mass is 303 g/mol. The van der Waals surface area contributed by atoms with E-state index in [2.05, 4.69) is 4.72 Å². The zero-order valence-corrected chi connectivity index (χ0v) is 11.7. The topological polar surface area (TPSA) is 29.1 Å². The average molecular weight is 303 g/mol. The van der Waals surface area contributed by atoms with Crippen LogP contribution < -0.4 is 4.72 Å². The number of rotatable bonds is 4. The van der Waals surface area contributed by atoms with Crippen LogP contribution in [-0.2, 0) is 11.0 Å². The van der Waals surface area contributed by atoms with Gasteiger partial charge in [-0.1, -0.05) is 31.4 Å². The van der Waals surface area contributed by atoms with Crippen LogP contribution in [0.15, 0.2) is 29.2 Å². The van der Waals surface area contributed by atoms with E-state index >= 15 is 0 Å². The van der Waals surface area contributed by atoms with E-state index in [0.717, 1.165) is 43.6 Å². The van der Waals surface area contributed by atoms with Crippen molar-refractivity contribution in [2.45, 2.75) is 48.7 Å². The average Bonchev–Trinajstić information content (AvgIpc) is 2.45. The molecule has 0 amide bonds. The quantitative estimate of drug-likeness (QED) is 0.667. The van der Waals surface area contributed by atoms with E-state index in [1.54, 1.807) is 6.07 Å². The molecule has 1 aromatic carbocycles. The minimum Gasteiger partial charge on any atom is -0.301 e. The van der Waals surface area contributed by atoms with Crippen molar-refractivity contribution in [3.63, 3.8) is 0 Å². The third-order valence-electron chi connectivity index (χ3n) is 3.53. The molecule has 0 aromatic heterocycles. The Labute approximate surface area is 120 Å². The third kappa shape index (κ3) is 3.55. The highest BCUT2D eigenvalue weighted by Crippen LogP contribution is 2.37. The summed E-state index contributed by atoms with van der Waals surface area (Å²) in [6.45, 7) is 0. The molecule has 110 valence electrons. The van der Waals surface area contributed by atoms with Crippen molar-refractivity contribution >= 4 is 18.2 Å². The summed E-state index contributed by atoms with van der Waals surface area (Å²) < 4.78 is 41.6. The second-order valence-corrected chi connectivity index (χ2v) is 5.88. The van der Waals surface area contributed by atoms with E-state index in [-0.39, 0.29) is 4.90 Å². The van der Waals surface area contributed by atoms with Gasteiger partial charge >= 0.3 is 6.18 Å². The van der Waals surface area contributed by atoms with Gasteiger partial charge in [-0.15, -0.1) is 0 Å². The standard InChI is InChI=1S/C14H16F3NOS/c15-14(16,17)11-6-2-3-7-12(11)20-18-13(10-19)8-4-1-5-9-13/h2-3,6-7,10,18H,1,4-5,8-9H2. The number of nitrogens with one attached hydrogen (secondary N) is 1. The van der Waals surface area contributed by atoms with E-state index in [9.17, 15) is 18.0 Å². The van der Waals surface area contributed by atoms with E-state index in [1.807, 2.05) is 0 Å². The van der Waals surface area contributed by atoms with E-state index in [1.165, 1.54) is 12.1 Å². The van der Waals surface area contributed by atoms with Gasteiger partial charge in [0.2, 0.25) is 0 Å². The number of halogens is 3. The lowest BCUT2D eigenvalue weighted by Crippen LogP contribution is -2.44. The van der Waals surface area contributed by atoms with Crippen molar-refractivity contribution in [2.24, 2.45) is 0 Å². The lowest BCUT2D eigenvalue weighted by Gasteiger charge is -2.32. The normalized spacial score (nSPS) is 18.8. The number of carbonyl (C=O) groups is 1. The molecular weight excluding hydrogens is 287 g/mol. The minimum absolute atomic E-state index is 0.104. The van der Waals surface area contributed by atoms with Crippen LogP contribution >= 0.6 is 11.9 Å². The highest BCUT2D eigenvalue weighted by molar-refractivity contribution is 7.97. The smallest absolute Gasteiger partial charge is 0.301 e. The minimum atomic E-state index is -4.38. The Hall–Kier alpha value is -1.01. The summed E-state index contributed by atoms with van der Waals surface area (Å²) in [4.78, 5) is 11.4. The van der Waals surface area contributed by atoms with Gasteiger partial charge in [-0.05, 0) is 36.9 Å². The lowest BCUT2D eigenvalue weighted by atomic mass is 9.84.